The van der Waals surface area contributed by atoms with Gasteiger partial charge in [0.05, 0.1) is 24.2 Å². The zero-order valence-corrected chi connectivity index (χ0v) is 15.0. The van der Waals surface area contributed by atoms with Crippen molar-refractivity contribution in [2.75, 3.05) is 26.2 Å². The van der Waals surface area contributed by atoms with Crippen molar-refractivity contribution in [3.63, 3.8) is 0 Å². The molecule has 0 aromatic carbocycles. The lowest BCUT2D eigenvalue weighted by Crippen LogP contribution is -2.40. The largest absolute Gasteiger partial charge is 0.492 e. The normalized spacial score (nSPS) is 18.2. The summed E-state index contributed by atoms with van der Waals surface area (Å²) in [4.78, 5) is 10.6. The van der Waals surface area contributed by atoms with Gasteiger partial charge in [-0.15, -0.1) is 0 Å². The van der Waals surface area contributed by atoms with Crippen molar-refractivity contribution in [2.45, 2.75) is 31.4 Å². The molecule has 0 spiro atoms. The topological polar surface area (TPSA) is 84.5 Å². The van der Waals surface area contributed by atoms with E-state index in [1.54, 1.807) is 36.7 Å². The molecule has 0 radical (unpaired) electrons. The van der Waals surface area contributed by atoms with Gasteiger partial charge in [-0.3, -0.25) is 9.97 Å². The van der Waals surface area contributed by atoms with Crippen molar-refractivity contribution in [3.8, 4) is 17.1 Å². The maximum atomic E-state index is 13.1. The molecule has 0 amide bonds. The van der Waals surface area contributed by atoms with Crippen LogP contribution in [0, 0.1) is 0 Å². The number of hydrogen-bond acceptors (Lipinski definition) is 6. The van der Waals surface area contributed by atoms with Crippen LogP contribution in [-0.4, -0.2) is 52.1 Å². The minimum absolute atomic E-state index is 0.0599. The monoisotopic (exact) mass is 378 g/mol. The fourth-order valence-corrected chi connectivity index (χ4v) is 2.97. The molecular weight excluding hydrogens is 354 g/mol. The van der Waals surface area contributed by atoms with Gasteiger partial charge in [0, 0.05) is 38.7 Å². The molecule has 2 aromatic rings. The van der Waals surface area contributed by atoms with E-state index < -0.39 is 12.2 Å². The minimum atomic E-state index is -2.50. The predicted molar refractivity (Wildman–Crippen MR) is 97.3 cm³/mol. The summed E-state index contributed by atoms with van der Waals surface area (Å²) in [5, 5.41) is 9.45. The number of aromatic nitrogens is 2. The maximum absolute atomic E-state index is 13.1. The lowest BCUT2D eigenvalue weighted by molar-refractivity contribution is -0.0554. The van der Waals surface area contributed by atoms with Crippen LogP contribution < -0.4 is 10.5 Å². The lowest BCUT2D eigenvalue weighted by atomic mass is 10.1. The Morgan fingerprint density at radius 2 is 1.96 bits per heavy atom. The van der Waals surface area contributed by atoms with E-state index in [-0.39, 0.29) is 12.8 Å². The van der Waals surface area contributed by atoms with Gasteiger partial charge in [-0.2, -0.15) is 0 Å². The lowest BCUT2D eigenvalue weighted by Gasteiger charge is -2.31. The van der Waals surface area contributed by atoms with Crippen molar-refractivity contribution in [1.29, 1.82) is 0 Å². The second kappa shape index (κ2) is 8.69. The first kappa shape index (κ1) is 19.6. The van der Waals surface area contributed by atoms with Gasteiger partial charge in [0.2, 0.25) is 0 Å². The standard InChI is InChI=1S/C19H24F2N4O2/c20-19(21)5-9-25(10-6-19)8-1-11-27-15-2-3-16(24-13-15)17-12-14(18(22)26)4-7-23-17/h2-4,7,12-13,18,26H,1,5-6,8-11,22H2. The van der Waals surface area contributed by atoms with Crippen LogP contribution in [0.25, 0.3) is 11.4 Å². The van der Waals surface area contributed by atoms with Crippen LogP contribution in [0.2, 0.25) is 0 Å². The average Bonchev–Trinajstić information content (AvgIpc) is 2.67. The average molecular weight is 378 g/mol. The van der Waals surface area contributed by atoms with Gasteiger partial charge in [-0.25, -0.2) is 8.78 Å². The van der Waals surface area contributed by atoms with E-state index in [1.165, 1.54) is 0 Å². The molecule has 0 saturated carbocycles. The summed E-state index contributed by atoms with van der Waals surface area (Å²) >= 11 is 0. The van der Waals surface area contributed by atoms with Crippen molar-refractivity contribution >= 4 is 0 Å². The molecule has 6 nitrogen and oxygen atoms in total. The molecule has 0 aliphatic carbocycles. The highest BCUT2D eigenvalue weighted by Gasteiger charge is 2.33. The number of alkyl halides is 2. The summed E-state index contributed by atoms with van der Waals surface area (Å²) in [6.45, 7) is 2.13. The highest BCUT2D eigenvalue weighted by molar-refractivity contribution is 5.55. The van der Waals surface area contributed by atoms with Gasteiger partial charge in [0.15, 0.2) is 0 Å². The SMILES string of the molecule is NC(O)c1ccnc(-c2ccc(OCCCN3CCC(F)(F)CC3)cn2)c1. The summed E-state index contributed by atoms with van der Waals surface area (Å²) < 4.78 is 31.9. The van der Waals surface area contributed by atoms with Crippen molar-refractivity contribution in [3.05, 3.63) is 42.2 Å². The van der Waals surface area contributed by atoms with Crippen LogP contribution in [-0.2, 0) is 0 Å². The maximum Gasteiger partial charge on any atom is 0.250 e. The van der Waals surface area contributed by atoms with E-state index in [4.69, 9.17) is 10.5 Å². The fourth-order valence-electron chi connectivity index (χ4n) is 2.97. The summed E-state index contributed by atoms with van der Waals surface area (Å²) in [6, 6.07) is 6.93. The second-order valence-electron chi connectivity index (χ2n) is 6.70. The number of aliphatic hydroxyl groups is 1. The highest BCUT2D eigenvalue weighted by atomic mass is 19.3. The summed E-state index contributed by atoms with van der Waals surface area (Å²) in [5.74, 6) is -1.87. The Bertz CT molecular complexity index is 731. The molecule has 146 valence electrons. The molecule has 1 unspecified atom stereocenters. The second-order valence-corrected chi connectivity index (χ2v) is 6.70. The first-order chi connectivity index (χ1) is 12.9. The van der Waals surface area contributed by atoms with Gasteiger partial charge in [0.1, 0.15) is 12.0 Å². The number of nitrogens with zero attached hydrogens (tertiary/aromatic N) is 3. The molecule has 27 heavy (non-hydrogen) atoms. The zero-order chi connectivity index (χ0) is 19.3. The molecule has 3 heterocycles. The van der Waals surface area contributed by atoms with Crippen LogP contribution in [0.1, 0.15) is 31.1 Å². The minimum Gasteiger partial charge on any atom is -0.492 e. The Balaban J connectivity index is 1.45. The van der Waals surface area contributed by atoms with E-state index in [2.05, 4.69) is 9.97 Å². The first-order valence-electron chi connectivity index (χ1n) is 9.02. The highest BCUT2D eigenvalue weighted by Crippen LogP contribution is 2.27. The number of hydrogen-bond donors (Lipinski definition) is 2. The molecule has 3 rings (SSSR count). The summed E-state index contributed by atoms with van der Waals surface area (Å²) in [6.07, 6.45) is 2.78. The Hall–Kier alpha value is -2.16. The molecule has 8 heteroatoms. The van der Waals surface area contributed by atoms with E-state index in [0.29, 0.717) is 42.4 Å². The number of halogens is 2. The number of aliphatic hydroxyl groups excluding tert-OH is 1. The number of pyridine rings is 2. The summed E-state index contributed by atoms with van der Waals surface area (Å²) in [5.41, 5.74) is 7.30. The number of likely N-dealkylation sites (tertiary alicyclic amines) is 1. The van der Waals surface area contributed by atoms with Crippen molar-refractivity contribution in [2.24, 2.45) is 5.73 Å². The summed E-state index contributed by atoms with van der Waals surface area (Å²) in [7, 11) is 0. The third kappa shape index (κ3) is 5.66. The molecule has 3 N–H and O–H groups in total. The van der Waals surface area contributed by atoms with E-state index in [1.807, 2.05) is 4.90 Å². The molecule has 2 aromatic heterocycles. The van der Waals surface area contributed by atoms with Gasteiger partial charge < -0.3 is 20.5 Å². The van der Waals surface area contributed by atoms with Crippen LogP contribution in [0.5, 0.6) is 5.75 Å². The van der Waals surface area contributed by atoms with Gasteiger partial charge in [-0.1, -0.05) is 0 Å². The van der Waals surface area contributed by atoms with E-state index >= 15 is 0 Å². The molecular formula is C19H24F2N4O2. The van der Waals surface area contributed by atoms with E-state index in [9.17, 15) is 13.9 Å². The Kier molecular flexibility index (Phi) is 6.30. The van der Waals surface area contributed by atoms with Crippen LogP contribution in [0.4, 0.5) is 8.78 Å². The first-order valence-corrected chi connectivity index (χ1v) is 9.02. The Morgan fingerprint density at radius 1 is 1.19 bits per heavy atom. The third-order valence-electron chi connectivity index (χ3n) is 4.60. The number of piperidine rings is 1. The van der Waals surface area contributed by atoms with Crippen molar-refractivity contribution in [1.82, 2.24) is 14.9 Å². The third-order valence-corrected chi connectivity index (χ3v) is 4.60. The molecule has 1 aliphatic rings. The van der Waals surface area contributed by atoms with Gasteiger partial charge in [0.25, 0.3) is 5.92 Å². The van der Waals surface area contributed by atoms with Crippen LogP contribution in [0.15, 0.2) is 36.7 Å². The van der Waals surface area contributed by atoms with Crippen molar-refractivity contribution < 1.29 is 18.6 Å². The van der Waals surface area contributed by atoms with Crippen LogP contribution in [0.3, 0.4) is 0 Å². The Morgan fingerprint density at radius 3 is 2.63 bits per heavy atom. The van der Waals surface area contributed by atoms with Gasteiger partial charge >= 0.3 is 0 Å². The smallest absolute Gasteiger partial charge is 0.250 e. The van der Waals surface area contributed by atoms with Crippen LogP contribution >= 0.6 is 0 Å². The number of ether oxygens (including phenoxy) is 1. The quantitative estimate of drug-likeness (QED) is 0.569. The predicted octanol–water partition coefficient (Wildman–Crippen LogP) is 2.59. The molecule has 1 aliphatic heterocycles. The zero-order valence-electron chi connectivity index (χ0n) is 15.0. The van der Waals surface area contributed by atoms with E-state index in [0.717, 1.165) is 13.0 Å². The van der Waals surface area contributed by atoms with Gasteiger partial charge in [-0.05, 0) is 36.2 Å². The Labute approximate surface area is 157 Å². The fraction of sp³-hybridized carbons (Fsp3) is 0.474. The molecule has 0 bridgehead atoms. The molecule has 1 saturated heterocycles. The number of rotatable bonds is 7. The molecule has 1 fully saturated rings. The molecule has 1 atom stereocenters. The number of nitrogens with two attached hydrogens (primary N) is 1.